The average molecular weight is 448 g/mol. The SMILES string of the molecule is Cc1ccccc1-n1c(S[C@@H](C)C(=O)c2c[nH]c3ccccc23)nnc1N1CCOCC1. The predicted octanol–water partition coefficient (Wildman–Crippen LogP) is 4.26. The molecule has 32 heavy (non-hydrogen) atoms. The molecule has 0 radical (unpaired) electrons. The number of morpholine rings is 1. The third-order valence-corrected chi connectivity index (χ3v) is 6.82. The molecule has 164 valence electrons. The van der Waals surface area contributed by atoms with Gasteiger partial charge in [0.25, 0.3) is 0 Å². The van der Waals surface area contributed by atoms with E-state index in [1.807, 2.05) is 43.3 Å². The van der Waals surface area contributed by atoms with Gasteiger partial charge in [0, 0.05) is 35.8 Å². The number of anilines is 1. The summed E-state index contributed by atoms with van der Waals surface area (Å²) in [7, 11) is 0. The smallest absolute Gasteiger partial charge is 0.232 e. The van der Waals surface area contributed by atoms with Crippen LogP contribution in [0.2, 0.25) is 0 Å². The topological polar surface area (TPSA) is 76.0 Å². The van der Waals surface area contributed by atoms with Crippen molar-refractivity contribution in [2.45, 2.75) is 24.3 Å². The van der Waals surface area contributed by atoms with E-state index in [1.54, 1.807) is 6.20 Å². The number of ketones is 1. The first kappa shape index (κ1) is 20.8. The number of aromatic nitrogens is 4. The Morgan fingerprint density at radius 1 is 1.09 bits per heavy atom. The molecule has 4 aromatic rings. The monoisotopic (exact) mass is 447 g/mol. The first-order valence-corrected chi connectivity index (χ1v) is 11.6. The van der Waals surface area contributed by atoms with E-state index in [2.05, 4.69) is 43.7 Å². The summed E-state index contributed by atoms with van der Waals surface area (Å²) in [5.74, 6) is 0.858. The summed E-state index contributed by atoms with van der Waals surface area (Å²) < 4.78 is 7.59. The van der Waals surface area contributed by atoms with Crippen molar-refractivity contribution in [2.75, 3.05) is 31.2 Å². The van der Waals surface area contributed by atoms with Gasteiger partial charge in [0.2, 0.25) is 5.95 Å². The molecule has 0 bridgehead atoms. The molecule has 0 saturated carbocycles. The number of para-hydroxylation sites is 2. The third-order valence-electron chi connectivity index (χ3n) is 5.77. The molecule has 1 fully saturated rings. The molecule has 2 aromatic heterocycles. The van der Waals surface area contributed by atoms with Crippen LogP contribution in [0.15, 0.2) is 59.9 Å². The molecular weight excluding hydrogens is 422 g/mol. The summed E-state index contributed by atoms with van der Waals surface area (Å²) in [5, 5.41) is 10.4. The maximum absolute atomic E-state index is 13.3. The molecule has 3 heterocycles. The Morgan fingerprint density at radius 3 is 2.66 bits per heavy atom. The number of benzene rings is 2. The highest BCUT2D eigenvalue weighted by Crippen LogP contribution is 2.33. The van der Waals surface area contributed by atoms with Crippen molar-refractivity contribution in [1.29, 1.82) is 0 Å². The zero-order valence-corrected chi connectivity index (χ0v) is 18.9. The zero-order chi connectivity index (χ0) is 22.1. The van der Waals surface area contributed by atoms with Gasteiger partial charge in [-0.2, -0.15) is 0 Å². The van der Waals surface area contributed by atoms with Gasteiger partial charge in [-0.05, 0) is 31.5 Å². The van der Waals surface area contributed by atoms with E-state index in [0.29, 0.717) is 23.9 Å². The normalized spacial score (nSPS) is 15.2. The molecular formula is C24H25N5O2S. The van der Waals surface area contributed by atoms with Crippen LogP contribution < -0.4 is 4.90 Å². The van der Waals surface area contributed by atoms with Crippen LogP contribution >= 0.6 is 11.8 Å². The Balaban J connectivity index is 1.49. The van der Waals surface area contributed by atoms with Crippen molar-refractivity contribution >= 4 is 34.4 Å². The number of hydrogen-bond acceptors (Lipinski definition) is 6. The molecule has 2 aromatic carbocycles. The second-order valence-electron chi connectivity index (χ2n) is 7.88. The Labute approximate surface area is 190 Å². The number of aromatic amines is 1. The van der Waals surface area contributed by atoms with E-state index < -0.39 is 0 Å². The maximum atomic E-state index is 13.3. The van der Waals surface area contributed by atoms with E-state index in [0.717, 1.165) is 41.2 Å². The van der Waals surface area contributed by atoms with Crippen molar-refractivity contribution in [3.63, 3.8) is 0 Å². The van der Waals surface area contributed by atoms with Crippen molar-refractivity contribution in [2.24, 2.45) is 0 Å². The van der Waals surface area contributed by atoms with Crippen LogP contribution in [-0.2, 0) is 4.74 Å². The van der Waals surface area contributed by atoms with Crippen molar-refractivity contribution < 1.29 is 9.53 Å². The highest BCUT2D eigenvalue weighted by molar-refractivity contribution is 8.00. The second-order valence-corrected chi connectivity index (χ2v) is 9.18. The van der Waals surface area contributed by atoms with Crippen LogP contribution in [0.3, 0.4) is 0 Å². The van der Waals surface area contributed by atoms with Gasteiger partial charge in [-0.3, -0.25) is 9.36 Å². The number of carbonyl (C=O) groups excluding carboxylic acids is 1. The minimum Gasteiger partial charge on any atom is -0.378 e. The van der Waals surface area contributed by atoms with Gasteiger partial charge in [-0.15, -0.1) is 10.2 Å². The van der Waals surface area contributed by atoms with Gasteiger partial charge in [0.05, 0.1) is 24.2 Å². The summed E-state index contributed by atoms with van der Waals surface area (Å²) >= 11 is 1.44. The lowest BCUT2D eigenvalue weighted by Gasteiger charge is -2.28. The highest BCUT2D eigenvalue weighted by Gasteiger charge is 2.26. The average Bonchev–Trinajstić information content (AvgIpc) is 3.44. The molecule has 0 amide bonds. The van der Waals surface area contributed by atoms with E-state index >= 15 is 0 Å². The molecule has 1 atom stereocenters. The summed E-state index contributed by atoms with van der Waals surface area (Å²) in [6.45, 7) is 6.86. The number of Topliss-reactive ketones (excluding diaryl/α,β-unsaturated/α-hetero) is 1. The lowest BCUT2D eigenvalue weighted by molar-refractivity contribution is 0.0995. The fraction of sp³-hybridized carbons (Fsp3) is 0.292. The molecule has 1 aliphatic rings. The molecule has 1 N–H and O–H groups in total. The Morgan fingerprint density at radius 2 is 1.84 bits per heavy atom. The first-order chi connectivity index (χ1) is 15.6. The van der Waals surface area contributed by atoms with E-state index in [1.165, 1.54) is 11.8 Å². The van der Waals surface area contributed by atoms with Gasteiger partial charge in [-0.25, -0.2) is 0 Å². The number of carbonyl (C=O) groups is 1. The lowest BCUT2D eigenvalue weighted by Crippen LogP contribution is -2.38. The third kappa shape index (κ3) is 3.80. The number of hydrogen-bond donors (Lipinski definition) is 1. The van der Waals surface area contributed by atoms with Crippen LogP contribution in [-0.4, -0.2) is 57.1 Å². The van der Waals surface area contributed by atoms with Gasteiger partial charge in [-0.1, -0.05) is 48.2 Å². The second kappa shape index (κ2) is 8.80. The van der Waals surface area contributed by atoms with Gasteiger partial charge < -0.3 is 14.6 Å². The van der Waals surface area contributed by atoms with Gasteiger partial charge >= 0.3 is 0 Å². The predicted molar refractivity (Wildman–Crippen MR) is 127 cm³/mol. The lowest BCUT2D eigenvalue weighted by atomic mass is 10.1. The molecule has 7 nitrogen and oxygen atoms in total. The Bertz CT molecular complexity index is 1260. The molecule has 1 saturated heterocycles. The fourth-order valence-electron chi connectivity index (χ4n) is 4.04. The summed E-state index contributed by atoms with van der Waals surface area (Å²) in [6, 6.07) is 16.0. The molecule has 8 heteroatoms. The zero-order valence-electron chi connectivity index (χ0n) is 18.1. The molecule has 0 unspecified atom stereocenters. The first-order valence-electron chi connectivity index (χ1n) is 10.7. The molecule has 5 rings (SSSR count). The van der Waals surface area contributed by atoms with Crippen LogP contribution in [0, 0.1) is 6.92 Å². The summed E-state index contributed by atoms with van der Waals surface area (Å²) in [6.07, 6.45) is 1.80. The molecule has 0 aliphatic carbocycles. The number of aryl methyl sites for hydroxylation is 1. The van der Waals surface area contributed by atoms with Crippen LogP contribution in [0.25, 0.3) is 16.6 Å². The number of ether oxygens (including phenoxy) is 1. The van der Waals surface area contributed by atoms with Crippen LogP contribution in [0.1, 0.15) is 22.8 Å². The fourth-order valence-corrected chi connectivity index (χ4v) is 4.96. The summed E-state index contributed by atoms with van der Waals surface area (Å²) in [4.78, 5) is 18.7. The molecule has 1 aliphatic heterocycles. The van der Waals surface area contributed by atoms with Crippen molar-refractivity contribution in [3.8, 4) is 5.69 Å². The number of fused-ring (bicyclic) bond motifs is 1. The quantitative estimate of drug-likeness (QED) is 0.352. The largest absolute Gasteiger partial charge is 0.378 e. The maximum Gasteiger partial charge on any atom is 0.232 e. The summed E-state index contributed by atoms with van der Waals surface area (Å²) in [5.41, 5.74) is 3.81. The minimum absolute atomic E-state index is 0.0692. The van der Waals surface area contributed by atoms with Gasteiger partial charge in [0.15, 0.2) is 10.9 Å². The number of rotatable bonds is 6. The van der Waals surface area contributed by atoms with E-state index in [4.69, 9.17) is 4.74 Å². The minimum atomic E-state index is -0.321. The Kier molecular flexibility index (Phi) is 5.71. The van der Waals surface area contributed by atoms with E-state index in [-0.39, 0.29) is 11.0 Å². The number of thioether (sulfide) groups is 1. The number of nitrogens with one attached hydrogen (secondary N) is 1. The Hall–Kier alpha value is -3.10. The van der Waals surface area contributed by atoms with Crippen LogP contribution in [0.4, 0.5) is 5.95 Å². The number of nitrogens with zero attached hydrogens (tertiary/aromatic N) is 4. The molecule has 0 spiro atoms. The highest BCUT2D eigenvalue weighted by atomic mass is 32.2. The van der Waals surface area contributed by atoms with Crippen molar-refractivity contribution in [1.82, 2.24) is 19.7 Å². The van der Waals surface area contributed by atoms with Crippen molar-refractivity contribution in [3.05, 3.63) is 65.9 Å². The van der Waals surface area contributed by atoms with Crippen LogP contribution in [0.5, 0.6) is 0 Å². The van der Waals surface area contributed by atoms with Gasteiger partial charge in [0.1, 0.15) is 0 Å². The standard InChI is InChI=1S/C24H25N5O2S/c1-16-7-3-6-10-21(16)29-23(28-11-13-31-14-12-28)26-27-24(29)32-17(2)22(30)19-15-25-20-9-5-4-8-18(19)20/h3-10,15,17,25H,11-14H2,1-2H3/t17-/m0/s1. The number of H-pyrrole nitrogens is 1. The van der Waals surface area contributed by atoms with E-state index in [9.17, 15) is 4.79 Å².